The summed E-state index contributed by atoms with van der Waals surface area (Å²) in [6.45, 7) is 0. The van der Waals surface area contributed by atoms with E-state index in [0.717, 1.165) is 0 Å². The molecule has 0 bridgehead atoms. The van der Waals surface area contributed by atoms with E-state index >= 15 is 0 Å². The summed E-state index contributed by atoms with van der Waals surface area (Å²) in [5.41, 5.74) is 1.61. The molecule has 0 saturated carbocycles. The number of pyridine rings is 1. The van der Waals surface area contributed by atoms with Gasteiger partial charge >= 0.3 is 6.03 Å². The minimum absolute atomic E-state index is 0. The standard InChI is InChI=1S/C15H10N4O3.ClH/c20-13-10-5-1-2-6-11(10)14(21)12(13)18-19-15(22)17-9-4-3-7-16-8-9;/h1-8H,(H2,17,19,22);1H. The third-order valence-corrected chi connectivity index (χ3v) is 3.04. The molecule has 1 heterocycles. The summed E-state index contributed by atoms with van der Waals surface area (Å²) in [7, 11) is 0. The topological polar surface area (TPSA) is 101 Å². The number of aromatic nitrogens is 1. The molecule has 0 radical (unpaired) electrons. The second kappa shape index (κ2) is 6.80. The van der Waals surface area contributed by atoms with Gasteiger partial charge in [-0.3, -0.25) is 14.6 Å². The van der Waals surface area contributed by atoms with Gasteiger partial charge in [-0.05, 0) is 12.1 Å². The number of benzene rings is 1. The van der Waals surface area contributed by atoms with Crippen LogP contribution in [0.1, 0.15) is 0 Å². The molecule has 116 valence electrons. The van der Waals surface area contributed by atoms with E-state index in [0.29, 0.717) is 16.5 Å². The highest BCUT2D eigenvalue weighted by molar-refractivity contribution is 5.88. The van der Waals surface area contributed by atoms with E-state index in [1.165, 1.54) is 6.20 Å². The van der Waals surface area contributed by atoms with E-state index in [1.54, 1.807) is 42.6 Å². The van der Waals surface area contributed by atoms with Crippen molar-refractivity contribution in [1.29, 1.82) is 0 Å². The van der Waals surface area contributed by atoms with Gasteiger partial charge < -0.3 is 5.32 Å². The third-order valence-electron chi connectivity index (χ3n) is 3.04. The molecule has 0 fully saturated rings. The Morgan fingerprint density at radius 2 is 1.65 bits per heavy atom. The van der Waals surface area contributed by atoms with Gasteiger partial charge in [-0.2, -0.15) is 5.10 Å². The minimum Gasteiger partial charge on any atom is -0.305 e. The molecule has 0 aliphatic carbocycles. The maximum absolute atomic E-state index is 12.0. The smallest absolute Gasteiger partial charge is 0.305 e. The number of anilines is 1. The van der Waals surface area contributed by atoms with Gasteiger partial charge in [-0.1, -0.05) is 24.3 Å². The quantitative estimate of drug-likeness (QED) is 0.681. The molecule has 8 heteroatoms. The van der Waals surface area contributed by atoms with E-state index < -0.39 is 16.9 Å². The summed E-state index contributed by atoms with van der Waals surface area (Å²) >= 11 is 0. The number of rotatable bonds is 2. The van der Waals surface area contributed by atoms with Crippen molar-refractivity contribution in [1.82, 2.24) is 10.4 Å². The fraction of sp³-hybridized carbons (Fsp3) is 0. The van der Waals surface area contributed by atoms with Gasteiger partial charge in [0.05, 0.1) is 11.9 Å². The van der Waals surface area contributed by atoms with Crippen molar-refractivity contribution >= 4 is 34.9 Å². The van der Waals surface area contributed by atoms with E-state index in [-0.39, 0.29) is 17.8 Å². The predicted octanol–water partition coefficient (Wildman–Crippen LogP) is 0.890. The summed E-state index contributed by atoms with van der Waals surface area (Å²) in [5.74, 6) is 0. The first-order valence-electron chi connectivity index (χ1n) is 6.40. The van der Waals surface area contributed by atoms with Crippen molar-refractivity contribution in [2.45, 2.75) is 0 Å². The molecule has 0 spiro atoms. The van der Waals surface area contributed by atoms with Gasteiger partial charge in [0, 0.05) is 17.0 Å². The van der Waals surface area contributed by atoms with Gasteiger partial charge in [0.1, 0.15) is 0 Å². The lowest BCUT2D eigenvalue weighted by Gasteiger charge is -2.01. The number of carbonyl (C=O) groups is 1. The number of nitrogens with zero attached hydrogens (tertiary/aromatic N) is 2. The molecule has 0 aliphatic heterocycles. The highest BCUT2D eigenvalue weighted by Crippen LogP contribution is 2.02. The summed E-state index contributed by atoms with van der Waals surface area (Å²) in [5, 5.41) is 6.39. The van der Waals surface area contributed by atoms with Crippen LogP contribution in [0.2, 0.25) is 0 Å². The second-order valence-corrected chi connectivity index (χ2v) is 4.47. The van der Waals surface area contributed by atoms with E-state index in [2.05, 4.69) is 20.8 Å². The van der Waals surface area contributed by atoms with Crippen LogP contribution in [0.5, 0.6) is 0 Å². The normalized spacial score (nSPS) is 9.91. The third kappa shape index (κ3) is 3.24. The summed E-state index contributed by atoms with van der Waals surface area (Å²) < 4.78 is 0. The van der Waals surface area contributed by atoms with Crippen LogP contribution in [0, 0.1) is 0 Å². The first kappa shape index (κ1) is 16.3. The average molecular weight is 331 g/mol. The fourth-order valence-electron chi connectivity index (χ4n) is 2.04. The van der Waals surface area contributed by atoms with E-state index in [4.69, 9.17) is 0 Å². The number of halogens is 1. The van der Waals surface area contributed by atoms with Crippen molar-refractivity contribution in [2.24, 2.45) is 5.10 Å². The predicted molar refractivity (Wildman–Crippen MR) is 88.1 cm³/mol. The van der Waals surface area contributed by atoms with Crippen LogP contribution in [0.25, 0.3) is 10.8 Å². The Hall–Kier alpha value is -3.06. The zero-order chi connectivity index (χ0) is 15.5. The van der Waals surface area contributed by atoms with Crippen LogP contribution in [0.15, 0.2) is 63.5 Å². The SMILES string of the molecule is Cl.O=C(NN=c1c(=O)c2ccccc2c1=O)Nc1cccnc1. The molecular weight excluding hydrogens is 320 g/mol. The number of fused-ring (bicyclic) bond motifs is 1. The van der Waals surface area contributed by atoms with E-state index in [1.807, 2.05) is 0 Å². The number of hydrogen-bond acceptors (Lipinski definition) is 5. The van der Waals surface area contributed by atoms with Crippen LogP contribution >= 0.6 is 12.4 Å². The molecule has 0 saturated heterocycles. The lowest BCUT2D eigenvalue weighted by molar-refractivity contribution is 0.252. The molecule has 2 amide bonds. The largest absolute Gasteiger partial charge is 0.339 e. The second-order valence-electron chi connectivity index (χ2n) is 4.47. The van der Waals surface area contributed by atoms with Gasteiger partial charge in [0.25, 0.3) is 0 Å². The Balaban J connectivity index is 0.00000192. The van der Waals surface area contributed by atoms with Crippen molar-refractivity contribution < 1.29 is 4.79 Å². The lowest BCUT2D eigenvalue weighted by Crippen LogP contribution is -2.36. The van der Waals surface area contributed by atoms with Gasteiger partial charge in [0.15, 0.2) is 5.36 Å². The summed E-state index contributed by atoms with van der Waals surface area (Å²) in [6, 6.07) is 9.05. The van der Waals surface area contributed by atoms with Gasteiger partial charge in [0.2, 0.25) is 10.9 Å². The molecule has 3 aromatic rings. The molecule has 0 atom stereocenters. The molecular formula is C15H11ClN4O3. The molecule has 2 aromatic carbocycles. The molecule has 7 nitrogen and oxygen atoms in total. The number of carbonyl (C=O) groups excluding carboxylic acids is 1. The number of hydrogen-bond donors (Lipinski definition) is 2. The monoisotopic (exact) mass is 330 g/mol. The molecule has 23 heavy (non-hydrogen) atoms. The fourth-order valence-corrected chi connectivity index (χ4v) is 2.04. The molecule has 3 rings (SSSR count). The zero-order valence-corrected chi connectivity index (χ0v) is 12.5. The summed E-state index contributed by atoms with van der Waals surface area (Å²) in [4.78, 5) is 39.6. The Labute approximate surface area is 135 Å². The number of amides is 2. The van der Waals surface area contributed by atoms with Crippen molar-refractivity contribution in [3.8, 4) is 0 Å². The Morgan fingerprint density at radius 3 is 2.22 bits per heavy atom. The van der Waals surface area contributed by atoms with Gasteiger partial charge in [-0.25, -0.2) is 10.2 Å². The van der Waals surface area contributed by atoms with Crippen LogP contribution in [-0.2, 0) is 0 Å². The molecule has 0 aliphatic rings. The van der Waals surface area contributed by atoms with Crippen LogP contribution in [0.4, 0.5) is 10.5 Å². The van der Waals surface area contributed by atoms with Crippen LogP contribution in [-0.4, -0.2) is 11.0 Å². The van der Waals surface area contributed by atoms with E-state index in [9.17, 15) is 14.4 Å². The first-order chi connectivity index (χ1) is 10.7. The highest BCUT2D eigenvalue weighted by Gasteiger charge is 2.10. The van der Waals surface area contributed by atoms with Crippen LogP contribution < -0.4 is 27.0 Å². The van der Waals surface area contributed by atoms with Crippen LogP contribution in [0.3, 0.4) is 0 Å². The first-order valence-corrected chi connectivity index (χ1v) is 6.40. The van der Waals surface area contributed by atoms with Crippen molar-refractivity contribution in [3.05, 3.63) is 74.6 Å². The summed E-state index contributed by atoms with van der Waals surface area (Å²) in [6.07, 6.45) is 3.02. The van der Waals surface area contributed by atoms with Gasteiger partial charge in [-0.15, -0.1) is 12.4 Å². The average Bonchev–Trinajstić information content (AvgIpc) is 2.78. The lowest BCUT2D eigenvalue weighted by atomic mass is 10.2. The number of nitrogens with one attached hydrogen (secondary N) is 2. The Bertz CT molecular complexity index is 945. The zero-order valence-electron chi connectivity index (χ0n) is 11.6. The minimum atomic E-state index is -0.669. The number of urea groups is 1. The highest BCUT2D eigenvalue weighted by atomic mass is 35.5. The molecule has 2 N–H and O–H groups in total. The van der Waals surface area contributed by atoms with Crippen molar-refractivity contribution in [3.63, 3.8) is 0 Å². The Kier molecular flexibility index (Phi) is 4.82. The maximum Gasteiger partial charge on any atom is 0.339 e. The van der Waals surface area contributed by atoms with Crippen molar-refractivity contribution in [2.75, 3.05) is 5.32 Å². The molecule has 0 unspecified atom stereocenters. The molecule has 1 aromatic heterocycles. The maximum atomic E-state index is 12.0. The Morgan fingerprint density at radius 1 is 1.00 bits per heavy atom.